The second-order valence-electron chi connectivity index (χ2n) is 3.74. The minimum Gasteiger partial charge on any atom is -0.337 e. The maximum absolute atomic E-state index is 11.6. The lowest BCUT2D eigenvalue weighted by Gasteiger charge is -2.26. The van der Waals surface area contributed by atoms with Gasteiger partial charge in [0.1, 0.15) is 0 Å². The van der Waals surface area contributed by atoms with Crippen LogP contribution in [0.25, 0.3) is 0 Å². The molecule has 1 fully saturated rings. The van der Waals surface area contributed by atoms with Crippen molar-refractivity contribution in [1.29, 1.82) is 0 Å². The van der Waals surface area contributed by atoms with Gasteiger partial charge in [0.2, 0.25) is 5.91 Å². The van der Waals surface area contributed by atoms with Crippen LogP contribution in [0.2, 0.25) is 0 Å². The number of likely N-dealkylation sites (tertiary alicyclic amines) is 1. The molecule has 1 aromatic heterocycles. The van der Waals surface area contributed by atoms with Gasteiger partial charge in [-0.3, -0.25) is 9.78 Å². The van der Waals surface area contributed by atoms with E-state index in [-0.39, 0.29) is 5.91 Å². The molecular weight excluding hydrogens is 256 g/mol. The first-order valence-corrected chi connectivity index (χ1v) is 5.93. The predicted octanol–water partition coefficient (Wildman–Crippen LogP) is 2.36. The topological polar surface area (TPSA) is 33.2 Å². The smallest absolute Gasteiger partial charge is 0.222 e. The Morgan fingerprint density at radius 1 is 1.47 bits per heavy atom. The van der Waals surface area contributed by atoms with Gasteiger partial charge >= 0.3 is 0 Å². The van der Waals surface area contributed by atoms with Crippen LogP contribution in [0, 0.1) is 0 Å². The largest absolute Gasteiger partial charge is 0.337 e. The number of aromatic nitrogens is 1. The highest BCUT2D eigenvalue weighted by Gasteiger charge is 2.18. The van der Waals surface area contributed by atoms with Crippen molar-refractivity contribution < 1.29 is 4.79 Å². The Labute approximate surface area is 97.6 Å². The van der Waals surface area contributed by atoms with Gasteiger partial charge in [-0.25, -0.2) is 0 Å². The van der Waals surface area contributed by atoms with E-state index in [1.807, 2.05) is 17.0 Å². The summed E-state index contributed by atoms with van der Waals surface area (Å²) < 4.78 is 1.01. The molecule has 2 heterocycles. The SMILES string of the molecule is O=C1CCCCN1Cc1cc(Br)ccn1. The maximum atomic E-state index is 11.6. The summed E-state index contributed by atoms with van der Waals surface area (Å²) in [5.41, 5.74) is 0.944. The molecule has 0 aromatic carbocycles. The summed E-state index contributed by atoms with van der Waals surface area (Å²) in [5.74, 6) is 0.253. The van der Waals surface area contributed by atoms with Gasteiger partial charge in [-0.05, 0) is 25.0 Å². The number of halogens is 1. The van der Waals surface area contributed by atoms with Gasteiger partial charge in [0.05, 0.1) is 12.2 Å². The van der Waals surface area contributed by atoms with Crippen LogP contribution in [0.4, 0.5) is 0 Å². The summed E-state index contributed by atoms with van der Waals surface area (Å²) in [6.07, 6.45) is 4.59. The summed E-state index contributed by atoms with van der Waals surface area (Å²) in [6, 6.07) is 3.85. The lowest BCUT2D eigenvalue weighted by Crippen LogP contribution is -2.34. The monoisotopic (exact) mass is 268 g/mol. The Morgan fingerprint density at radius 2 is 2.33 bits per heavy atom. The first-order chi connectivity index (χ1) is 7.25. The van der Waals surface area contributed by atoms with Gasteiger partial charge in [-0.2, -0.15) is 0 Å². The average molecular weight is 269 g/mol. The zero-order chi connectivity index (χ0) is 10.7. The zero-order valence-corrected chi connectivity index (χ0v) is 10.0. The molecule has 1 aliphatic rings. The van der Waals surface area contributed by atoms with Crippen molar-refractivity contribution in [3.63, 3.8) is 0 Å². The number of hydrogen-bond donors (Lipinski definition) is 0. The Bertz CT molecular complexity index is 367. The number of carbonyl (C=O) groups is 1. The van der Waals surface area contributed by atoms with Gasteiger partial charge in [0.25, 0.3) is 0 Å². The second-order valence-corrected chi connectivity index (χ2v) is 4.65. The number of nitrogens with zero attached hydrogens (tertiary/aromatic N) is 2. The maximum Gasteiger partial charge on any atom is 0.222 e. The van der Waals surface area contributed by atoms with Crippen molar-refractivity contribution in [1.82, 2.24) is 9.88 Å². The van der Waals surface area contributed by atoms with Crippen LogP contribution in [0.5, 0.6) is 0 Å². The van der Waals surface area contributed by atoms with Crippen molar-refractivity contribution >= 4 is 21.8 Å². The van der Waals surface area contributed by atoms with Gasteiger partial charge < -0.3 is 4.90 Å². The van der Waals surface area contributed by atoms with E-state index in [0.717, 1.165) is 29.6 Å². The van der Waals surface area contributed by atoms with Crippen molar-refractivity contribution in [2.75, 3.05) is 6.54 Å². The van der Waals surface area contributed by atoms with E-state index in [9.17, 15) is 4.79 Å². The first-order valence-electron chi connectivity index (χ1n) is 5.14. The summed E-state index contributed by atoms with van der Waals surface area (Å²) in [4.78, 5) is 17.7. The van der Waals surface area contributed by atoms with E-state index in [1.165, 1.54) is 0 Å². The van der Waals surface area contributed by atoms with Crippen molar-refractivity contribution in [3.05, 3.63) is 28.5 Å². The van der Waals surface area contributed by atoms with E-state index < -0.39 is 0 Å². The standard InChI is InChI=1S/C11H13BrN2O/c12-9-4-5-13-10(7-9)8-14-6-2-1-3-11(14)15/h4-5,7H,1-3,6,8H2. The molecule has 1 aromatic rings. The van der Waals surface area contributed by atoms with E-state index in [0.29, 0.717) is 13.0 Å². The molecule has 0 bridgehead atoms. The molecule has 0 radical (unpaired) electrons. The van der Waals surface area contributed by atoms with Crippen molar-refractivity contribution in [2.45, 2.75) is 25.8 Å². The van der Waals surface area contributed by atoms with E-state index in [4.69, 9.17) is 0 Å². The Hall–Kier alpha value is -0.900. The van der Waals surface area contributed by atoms with Crippen molar-refractivity contribution in [2.24, 2.45) is 0 Å². The number of piperidine rings is 1. The normalized spacial score (nSPS) is 16.9. The van der Waals surface area contributed by atoms with Gasteiger partial charge in [0, 0.05) is 23.6 Å². The number of hydrogen-bond acceptors (Lipinski definition) is 2. The highest BCUT2D eigenvalue weighted by atomic mass is 79.9. The molecule has 2 rings (SSSR count). The fourth-order valence-electron chi connectivity index (χ4n) is 1.76. The second kappa shape index (κ2) is 4.75. The lowest BCUT2D eigenvalue weighted by molar-refractivity contribution is -0.133. The molecular formula is C11H13BrN2O. The number of pyridine rings is 1. The molecule has 0 saturated carbocycles. The van der Waals surface area contributed by atoms with E-state index in [2.05, 4.69) is 20.9 Å². The first kappa shape index (κ1) is 10.6. The molecule has 80 valence electrons. The Morgan fingerprint density at radius 3 is 3.07 bits per heavy atom. The summed E-state index contributed by atoms with van der Waals surface area (Å²) in [5, 5.41) is 0. The molecule has 0 atom stereocenters. The molecule has 1 amide bonds. The Balaban J connectivity index is 2.04. The number of rotatable bonds is 2. The third-order valence-electron chi connectivity index (χ3n) is 2.55. The molecule has 0 N–H and O–H groups in total. The quantitative estimate of drug-likeness (QED) is 0.825. The molecule has 0 spiro atoms. The molecule has 1 aliphatic heterocycles. The van der Waals surface area contributed by atoms with Crippen LogP contribution in [0.3, 0.4) is 0 Å². The minimum atomic E-state index is 0.253. The lowest BCUT2D eigenvalue weighted by atomic mass is 10.1. The number of carbonyl (C=O) groups excluding carboxylic acids is 1. The van der Waals surface area contributed by atoms with Crippen LogP contribution >= 0.6 is 15.9 Å². The van der Waals surface area contributed by atoms with Crippen LogP contribution in [0.1, 0.15) is 25.0 Å². The van der Waals surface area contributed by atoms with Crippen LogP contribution in [-0.4, -0.2) is 22.3 Å². The summed E-state index contributed by atoms with van der Waals surface area (Å²) in [7, 11) is 0. The average Bonchev–Trinajstić information content (AvgIpc) is 2.22. The van der Waals surface area contributed by atoms with Crippen molar-refractivity contribution in [3.8, 4) is 0 Å². The van der Waals surface area contributed by atoms with E-state index in [1.54, 1.807) is 6.20 Å². The molecule has 15 heavy (non-hydrogen) atoms. The van der Waals surface area contributed by atoms with Gasteiger partial charge in [-0.15, -0.1) is 0 Å². The van der Waals surface area contributed by atoms with Crippen LogP contribution in [0.15, 0.2) is 22.8 Å². The summed E-state index contributed by atoms with van der Waals surface area (Å²) >= 11 is 3.40. The molecule has 0 unspecified atom stereocenters. The Kier molecular flexibility index (Phi) is 3.36. The highest BCUT2D eigenvalue weighted by molar-refractivity contribution is 9.10. The molecule has 4 heteroatoms. The third-order valence-corrected chi connectivity index (χ3v) is 3.05. The predicted molar refractivity (Wildman–Crippen MR) is 61.2 cm³/mol. The minimum absolute atomic E-state index is 0.253. The van der Waals surface area contributed by atoms with Gasteiger partial charge in [-0.1, -0.05) is 15.9 Å². The number of amides is 1. The highest BCUT2D eigenvalue weighted by Crippen LogP contribution is 2.15. The molecule has 1 saturated heterocycles. The van der Waals surface area contributed by atoms with Gasteiger partial charge in [0.15, 0.2) is 0 Å². The van der Waals surface area contributed by atoms with Crippen LogP contribution < -0.4 is 0 Å². The fourth-order valence-corrected chi connectivity index (χ4v) is 2.14. The van der Waals surface area contributed by atoms with E-state index >= 15 is 0 Å². The zero-order valence-electron chi connectivity index (χ0n) is 8.45. The third kappa shape index (κ3) is 2.78. The van der Waals surface area contributed by atoms with Crippen LogP contribution in [-0.2, 0) is 11.3 Å². The summed E-state index contributed by atoms with van der Waals surface area (Å²) in [6.45, 7) is 1.51. The molecule has 0 aliphatic carbocycles. The fraction of sp³-hybridized carbons (Fsp3) is 0.455. The molecule has 3 nitrogen and oxygen atoms in total.